The van der Waals surface area contributed by atoms with E-state index in [1.165, 1.54) is 11.1 Å². The quantitative estimate of drug-likeness (QED) is 0.646. The molecule has 1 saturated heterocycles. The molecule has 138 valence electrons. The number of aliphatic imine (C=N–C) groups is 1. The van der Waals surface area contributed by atoms with Gasteiger partial charge in [-0.1, -0.05) is 24.3 Å². The molecule has 1 aromatic rings. The first-order chi connectivity index (χ1) is 11.9. The second kappa shape index (κ2) is 8.85. The van der Waals surface area contributed by atoms with Crippen molar-refractivity contribution in [2.45, 2.75) is 25.9 Å². The lowest BCUT2D eigenvalue weighted by molar-refractivity contribution is -0.123. The highest BCUT2D eigenvalue weighted by atomic mass is 16.1. The number of primary amides is 1. The zero-order valence-electron chi connectivity index (χ0n) is 15.9. The topological polar surface area (TPSA) is 65.2 Å². The fourth-order valence-corrected chi connectivity index (χ4v) is 3.36. The van der Waals surface area contributed by atoms with Gasteiger partial charge in [0.25, 0.3) is 0 Å². The molecule has 0 spiro atoms. The monoisotopic (exact) mass is 345 g/mol. The lowest BCUT2D eigenvalue weighted by Crippen LogP contribution is -2.40. The molecule has 0 saturated carbocycles. The van der Waals surface area contributed by atoms with Crippen molar-refractivity contribution in [2.24, 2.45) is 16.6 Å². The van der Waals surface area contributed by atoms with Crippen LogP contribution in [0.2, 0.25) is 0 Å². The van der Waals surface area contributed by atoms with Gasteiger partial charge in [-0.25, -0.2) is 4.99 Å². The number of hydrogen-bond acceptors (Lipinski definition) is 3. The Kier molecular flexibility index (Phi) is 6.82. The zero-order valence-corrected chi connectivity index (χ0v) is 15.9. The Balaban J connectivity index is 2.01. The SMILES string of the molecule is CN(C)C(=NCc1cccc(CN2CCC[C@H](C(N)=O)C2)c1)N(C)C. The lowest BCUT2D eigenvalue weighted by atomic mass is 9.97. The molecule has 0 unspecified atom stereocenters. The normalized spacial score (nSPS) is 17.8. The molecule has 0 aromatic heterocycles. The molecule has 25 heavy (non-hydrogen) atoms. The third-order valence-corrected chi connectivity index (χ3v) is 4.51. The highest BCUT2D eigenvalue weighted by molar-refractivity contribution is 5.79. The Morgan fingerprint density at radius 1 is 1.24 bits per heavy atom. The van der Waals surface area contributed by atoms with Gasteiger partial charge < -0.3 is 15.5 Å². The standard InChI is InChI=1S/C19H31N5O/c1-22(2)19(23(3)4)21-12-15-7-5-8-16(11-15)13-24-10-6-9-17(14-24)18(20)25/h5,7-8,11,17H,6,9-10,12-14H2,1-4H3,(H2,20,25)/t17-/m0/s1. The highest BCUT2D eigenvalue weighted by Gasteiger charge is 2.23. The minimum absolute atomic E-state index is 0.00993. The van der Waals surface area contributed by atoms with E-state index in [2.05, 4.69) is 29.2 Å². The molecule has 6 heteroatoms. The minimum atomic E-state index is -0.173. The van der Waals surface area contributed by atoms with Crippen LogP contribution in [0.4, 0.5) is 0 Å². The van der Waals surface area contributed by atoms with Gasteiger partial charge in [-0.05, 0) is 30.5 Å². The predicted octanol–water partition coefficient (Wildman–Crippen LogP) is 1.36. The number of amides is 1. The van der Waals surface area contributed by atoms with Gasteiger partial charge in [0.1, 0.15) is 0 Å². The van der Waals surface area contributed by atoms with Crippen molar-refractivity contribution in [3.8, 4) is 0 Å². The molecule has 0 aliphatic carbocycles. The fraction of sp³-hybridized carbons (Fsp3) is 0.579. The number of nitrogens with two attached hydrogens (primary N) is 1. The molecule has 1 aliphatic heterocycles. The van der Waals surface area contributed by atoms with Crippen LogP contribution < -0.4 is 5.73 Å². The summed E-state index contributed by atoms with van der Waals surface area (Å²) in [6, 6.07) is 8.54. The first kappa shape index (κ1) is 19.2. The Labute approximate surface area is 151 Å². The lowest BCUT2D eigenvalue weighted by Gasteiger charge is -2.31. The molecule has 2 N–H and O–H groups in total. The van der Waals surface area contributed by atoms with E-state index in [1.807, 2.05) is 38.0 Å². The Bertz CT molecular complexity index is 602. The van der Waals surface area contributed by atoms with E-state index >= 15 is 0 Å². The number of carbonyl (C=O) groups excluding carboxylic acids is 1. The molecule has 1 atom stereocenters. The van der Waals surface area contributed by atoms with Gasteiger partial charge in [-0.15, -0.1) is 0 Å². The van der Waals surface area contributed by atoms with E-state index in [4.69, 9.17) is 10.7 Å². The van der Waals surface area contributed by atoms with Gasteiger partial charge in [0.15, 0.2) is 5.96 Å². The molecule has 1 aliphatic rings. The second-order valence-corrected chi connectivity index (χ2v) is 7.20. The van der Waals surface area contributed by atoms with Gasteiger partial charge in [0.05, 0.1) is 12.5 Å². The molecular formula is C19H31N5O. The molecule has 6 nitrogen and oxygen atoms in total. The first-order valence-electron chi connectivity index (χ1n) is 8.85. The van der Waals surface area contributed by atoms with Crippen LogP contribution in [0.15, 0.2) is 29.3 Å². The summed E-state index contributed by atoms with van der Waals surface area (Å²) in [6.45, 7) is 3.31. The van der Waals surface area contributed by atoms with Crippen LogP contribution in [-0.2, 0) is 17.9 Å². The van der Waals surface area contributed by atoms with Crippen LogP contribution in [0, 0.1) is 5.92 Å². The summed E-state index contributed by atoms with van der Waals surface area (Å²) in [5.41, 5.74) is 7.93. The van der Waals surface area contributed by atoms with E-state index in [0.717, 1.165) is 38.4 Å². The number of rotatable bonds is 5. The van der Waals surface area contributed by atoms with Gasteiger partial charge in [-0.2, -0.15) is 0 Å². The second-order valence-electron chi connectivity index (χ2n) is 7.20. The maximum atomic E-state index is 11.4. The third kappa shape index (κ3) is 5.74. The third-order valence-electron chi connectivity index (χ3n) is 4.51. The summed E-state index contributed by atoms with van der Waals surface area (Å²) >= 11 is 0. The molecule has 0 radical (unpaired) electrons. The van der Waals surface area contributed by atoms with Crippen molar-refractivity contribution in [1.82, 2.24) is 14.7 Å². The number of likely N-dealkylation sites (tertiary alicyclic amines) is 1. The van der Waals surface area contributed by atoms with Crippen molar-refractivity contribution in [3.05, 3.63) is 35.4 Å². The van der Waals surface area contributed by atoms with Crippen molar-refractivity contribution < 1.29 is 4.79 Å². The van der Waals surface area contributed by atoms with Crippen LogP contribution in [0.5, 0.6) is 0 Å². The van der Waals surface area contributed by atoms with Crippen molar-refractivity contribution in [3.63, 3.8) is 0 Å². The van der Waals surface area contributed by atoms with E-state index < -0.39 is 0 Å². The van der Waals surface area contributed by atoms with E-state index in [0.29, 0.717) is 6.54 Å². The first-order valence-corrected chi connectivity index (χ1v) is 8.85. The molecule has 1 amide bonds. The van der Waals surface area contributed by atoms with Crippen LogP contribution in [0.25, 0.3) is 0 Å². The predicted molar refractivity (Wildman–Crippen MR) is 102 cm³/mol. The molecule has 1 aromatic carbocycles. The molecular weight excluding hydrogens is 314 g/mol. The Morgan fingerprint density at radius 3 is 2.56 bits per heavy atom. The van der Waals surface area contributed by atoms with Crippen LogP contribution in [0.1, 0.15) is 24.0 Å². The van der Waals surface area contributed by atoms with Crippen LogP contribution >= 0.6 is 0 Å². The Morgan fingerprint density at radius 2 is 1.92 bits per heavy atom. The smallest absolute Gasteiger partial charge is 0.221 e. The van der Waals surface area contributed by atoms with E-state index in [9.17, 15) is 4.79 Å². The van der Waals surface area contributed by atoms with Gasteiger partial charge in [0.2, 0.25) is 5.91 Å². The largest absolute Gasteiger partial charge is 0.369 e. The average molecular weight is 345 g/mol. The highest BCUT2D eigenvalue weighted by Crippen LogP contribution is 2.19. The molecule has 2 rings (SSSR count). The summed E-state index contributed by atoms with van der Waals surface area (Å²) in [5, 5.41) is 0. The zero-order chi connectivity index (χ0) is 18.4. The summed E-state index contributed by atoms with van der Waals surface area (Å²) in [7, 11) is 8.00. The van der Waals surface area contributed by atoms with Crippen molar-refractivity contribution in [2.75, 3.05) is 41.3 Å². The number of piperidine rings is 1. The van der Waals surface area contributed by atoms with Crippen LogP contribution in [-0.4, -0.2) is 67.8 Å². The molecule has 1 heterocycles. The Hall–Kier alpha value is -2.08. The van der Waals surface area contributed by atoms with Gasteiger partial charge in [0, 0.05) is 41.3 Å². The van der Waals surface area contributed by atoms with Crippen molar-refractivity contribution in [1.29, 1.82) is 0 Å². The van der Waals surface area contributed by atoms with E-state index in [1.54, 1.807) is 0 Å². The average Bonchev–Trinajstić information content (AvgIpc) is 2.55. The number of guanidine groups is 1. The molecule has 1 fully saturated rings. The number of hydrogen-bond donors (Lipinski definition) is 1. The minimum Gasteiger partial charge on any atom is -0.369 e. The van der Waals surface area contributed by atoms with Gasteiger partial charge >= 0.3 is 0 Å². The summed E-state index contributed by atoms with van der Waals surface area (Å²) in [4.78, 5) is 22.5. The number of nitrogens with zero attached hydrogens (tertiary/aromatic N) is 4. The number of benzene rings is 1. The van der Waals surface area contributed by atoms with Gasteiger partial charge in [-0.3, -0.25) is 9.69 Å². The summed E-state index contributed by atoms with van der Waals surface area (Å²) < 4.78 is 0. The maximum Gasteiger partial charge on any atom is 0.221 e. The summed E-state index contributed by atoms with van der Waals surface area (Å²) in [5.74, 6) is 0.766. The molecule has 0 bridgehead atoms. The fourth-order valence-electron chi connectivity index (χ4n) is 3.36. The number of carbonyl (C=O) groups is 1. The van der Waals surface area contributed by atoms with E-state index in [-0.39, 0.29) is 11.8 Å². The summed E-state index contributed by atoms with van der Waals surface area (Å²) in [6.07, 6.45) is 1.95. The van der Waals surface area contributed by atoms with Crippen molar-refractivity contribution >= 4 is 11.9 Å². The maximum absolute atomic E-state index is 11.4. The van der Waals surface area contributed by atoms with Crippen LogP contribution in [0.3, 0.4) is 0 Å².